The van der Waals surface area contributed by atoms with Crippen LogP contribution < -0.4 is 4.74 Å². The fourth-order valence-electron chi connectivity index (χ4n) is 3.30. The molecule has 0 saturated carbocycles. The summed E-state index contributed by atoms with van der Waals surface area (Å²) in [5.74, 6) is -7.58. The summed E-state index contributed by atoms with van der Waals surface area (Å²) in [6.07, 6.45) is -8.65. The molecule has 0 amide bonds. The van der Waals surface area contributed by atoms with Gasteiger partial charge in [-0.25, -0.2) is 22.0 Å². The van der Waals surface area contributed by atoms with Crippen molar-refractivity contribution in [3.63, 3.8) is 0 Å². The van der Waals surface area contributed by atoms with Gasteiger partial charge in [-0.2, -0.15) is 22.0 Å². The second kappa shape index (κ2) is 10.1. The Labute approximate surface area is 198 Å². The van der Waals surface area contributed by atoms with E-state index in [4.69, 9.17) is 0 Å². The minimum Gasteiger partial charge on any atom is -0.429 e. The normalized spacial score (nSPS) is 11.8. The van der Waals surface area contributed by atoms with Crippen molar-refractivity contribution < 1.29 is 48.6 Å². The van der Waals surface area contributed by atoms with E-state index in [2.05, 4.69) is 4.74 Å². The summed E-state index contributed by atoms with van der Waals surface area (Å²) < 4.78 is 141. The van der Waals surface area contributed by atoms with Gasteiger partial charge in [0.25, 0.3) is 0 Å². The standard InChI is InChI=1S/C25H14F10O/c1-2-3-13-4-5-16(18(26)8-13)14-9-21(29)23(22(30)10-14)25(34,35)36-15-11-19(27)17(20(28)12-15)6-7-24(31,32)33/h4-5,8-12H,2-3H2,1H3. The maximum atomic E-state index is 14.6. The van der Waals surface area contributed by atoms with Crippen LogP contribution in [0.25, 0.3) is 11.1 Å². The van der Waals surface area contributed by atoms with Crippen LogP contribution in [-0.4, -0.2) is 6.18 Å². The highest BCUT2D eigenvalue weighted by Crippen LogP contribution is 2.38. The zero-order chi connectivity index (χ0) is 26.8. The van der Waals surface area contributed by atoms with Crippen molar-refractivity contribution in [3.8, 4) is 28.7 Å². The van der Waals surface area contributed by atoms with Gasteiger partial charge >= 0.3 is 12.3 Å². The molecule has 3 aromatic carbocycles. The van der Waals surface area contributed by atoms with Crippen molar-refractivity contribution in [2.45, 2.75) is 32.1 Å². The van der Waals surface area contributed by atoms with Crippen LogP contribution in [0.2, 0.25) is 0 Å². The van der Waals surface area contributed by atoms with Crippen molar-refractivity contribution in [1.29, 1.82) is 0 Å². The molecule has 36 heavy (non-hydrogen) atoms. The lowest BCUT2D eigenvalue weighted by atomic mass is 9.99. The first-order valence-corrected chi connectivity index (χ1v) is 10.2. The first-order chi connectivity index (χ1) is 16.7. The quantitative estimate of drug-likeness (QED) is 0.236. The number of rotatable bonds is 6. The Morgan fingerprint density at radius 2 is 1.33 bits per heavy atom. The first kappa shape index (κ1) is 26.9. The highest BCUT2D eigenvalue weighted by molar-refractivity contribution is 5.65. The molecular weight excluding hydrogens is 506 g/mol. The Hall–Kier alpha value is -3.68. The molecule has 3 rings (SSSR count). The predicted octanol–water partition coefficient (Wildman–Crippen LogP) is 8.04. The topological polar surface area (TPSA) is 9.23 Å². The smallest absolute Gasteiger partial charge is 0.429 e. The van der Waals surface area contributed by atoms with E-state index in [0.29, 0.717) is 36.5 Å². The maximum Gasteiger partial charge on any atom is 0.458 e. The third kappa shape index (κ3) is 6.11. The second-order valence-corrected chi connectivity index (χ2v) is 7.51. The van der Waals surface area contributed by atoms with Crippen LogP contribution in [0, 0.1) is 40.9 Å². The minimum absolute atomic E-state index is 0.0782. The number of aryl methyl sites for hydroxylation is 1. The molecule has 0 atom stereocenters. The molecular formula is C25H14F10O. The molecule has 11 heteroatoms. The number of hydrogen-bond donors (Lipinski definition) is 0. The Kier molecular flexibility index (Phi) is 7.57. The van der Waals surface area contributed by atoms with Crippen molar-refractivity contribution in [2.75, 3.05) is 0 Å². The molecule has 0 bridgehead atoms. The number of hydrogen-bond acceptors (Lipinski definition) is 1. The summed E-state index contributed by atoms with van der Waals surface area (Å²) in [7, 11) is 0. The van der Waals surface area contributed by atoms with E-state index in [1.165, 1.54) is 18.1 Å². The van der Waals surface area contributed by atoms with Crippen LogP contribution in [0.4, 0.5) is 43.9 Å². The third-order valence-electron chi connectivity index (χ3n) is 4.81. The number of benzene rings is 3. The Bertz CT molecular complexity index is 1300. The van der Waals surface area contributed by atoms with Crippen molar-refractivity contribution in [1.82, 2.24) is 0 Å². The third-order valence-corrected chi connectivity index (χ3v) is 4.81. The number of alkyl halides is 5. The lowest BCUT2D eigenvalue weighted by Crippen LogP contribution is -2.25. The molecule has 0 saturated heterocycles. The van der Waals surface area contributed by atoms with E-state index in [0.717, 1.165) is 6.07 Å². The monoisotopic (exact) mass is 520 g/mol. The molecule has 0 aliphatic rings. The van der Waals surface area contributed by atoms with Crippen molar-refractivity contribution in [3.05, 3.63) is 88.2 Å². The molecule has 0 unspecified atom stereocenters. The van der Waals surface area contributed by atoms with E-state index >= 15 is 0 Å². The summed E-state index contributed by atoms with van der Waals surface area (Å²) in [6, 6.07) is 4.91. The highest BCUT2D eigenvalue weighted by atomic mass is 19.4. The number of halogens is 10. The van der Waals surface area contributed by atoms with Crippen LogP contribution in [0.5, 0.6) is 5.75 Å². The fourth-order valence-corrected chi connectivity index (χ4v) is 3.30. The Morgan fingerprint density at radius 1 is 0.750 bits per heavy atom. The van der Waals surface area contributed by atoms with Gasteiger partial charge in [0.15, 0.2) is 0 Å². The average Bonchev–Trinajstić information content (AvgIpc) is 2.71. The summed E-state index contributed by atoms with van der Waals surface area (Å²) in [5, 5.41) is 0. The van der Waals surface area contributed by atoms with Crippen molar-refractivity contribution >= 4 is 0 Å². The first-order valence-electron chi connectivity index (χ1n) is 10.2. The molecule has 0 aliphatic heterocycles. The van der Waals surface area contributed by atoms with Gasteiger partial charge in [0, 0.05) is 23.6 Å². The van der Waals surface area contributed by atoms with E-state index in [1.807, 2.05) is 6.92 Å². The fraction of sp³-hybridized carbons (Fsp3) is 0.200. The van der Waals surface area contributed by atoms with Crippen LogP contribution in [-0.2, 0) is 12.5 Å². The Balaban J connectivity index is 1.95. The number of ether oxygens (including phenoxy) is 1. The lowest BCUT2D eigenvalue weighted by Gasteiger charge is -2.20. The SMILES string of the molecule is CCCc1ccc(-c2cc(F)c(C(F)(F)Oc3cc(F)c(C#CC(F)(F)F)c(F)c3)c(F)c2)c(F)c1. The van der Waals surface area contributed by atoms with Crippen molar-refractivity contribution in [2.24, 2.45) is 0 Å². The van der Waals surface area contributed by atoms with E-state index in [1.54, 1.807) is 0 Å². The molecule has 0 spiro atoms. The maximum absolute atomic E-state index is 14.6. The van der Waals surface area contributed by atoms with Gasteiger partial charge in [0.1, 0.15) is 40.4 Å². The van der Waals surface area contributed by atoms with Gasteiger partial charge in [-0.1, -0.05) is 31.4 Å². The minimum atomic E-state index is -5.08. The largest absolute Gasteiger partial charge is 0.458 e. The van der Waals surface area contributed by atoms with E-state index in [-0.39, 0.29) is 17.7 Å². The molecule has 190 valence electrons. The molecule has 1 nitrogen and oxygen atoms in total. The molecule has 0 N–H and O–H groups in total. The summed E-state index contributed by atoms with van der Waals surface area (Å²) in [6.45, 7) is 1.86. The average molecular weight is 520 g/mol. The van der Waals surface area contributed by atoms with Crippen LogP contribution in [0.3, 0.4) is 0 Å². The lowest BCUT2D eigenvalue weighted by molar-refractivity contribution is -0.189. The molecule has 0 aromatic heterocycles. The molecule has 0 aliphatic carbocycles. The van der Waals surface area contributed by atoms with E-state index in [9.17, 15) is 43.9 Å². The predicted molar refractivity (Wildman–Crippen MR) is 110 cm³/mol. The summed E-state index contributed by atoms with van der Waals surface area (Å²) >= 11 is 0. The second-order valence-electron chi connectivity index (χ2n) is 7.51. The molecule has 3 aromatic rings. The zero-order valence-electron chi connectivity index (χ0n) is 18.1. The molecule has 0 fully saturated rings. The van der Waals surface area contributed by atoms with Gasteiger partial charge < -0.3 is 4.74 Å². The highest BCUT2D eigenvalue weighted by Gasteiger charge is 2.41. The summed E-state index contributed by atoms with van der Waals surface area (Å²) in [4.78, 5) is 0. The van der Waals surface area contributed by atoms with Gasteiger partial charge in [-0.15, -0.1) is 0 Å². The summed E-state index contributed by atoms with van der Waals surface area (Å²) in [5.41, 5.74) is -3.35. The van der Waals surface area contributed by atoms with Gasteiger partial charge in [-0.3, -0.25) is 0 Å². The van der Waals surface area contributed by atoms with E-state index < -0.39 is 63.8 Å². The van der Waals surface area contributed by atoms with Crippen LogP contribution in [0.1, 0.15) is 30.0 Å². The van der Waals surface area contributed by atoms with Crippen LogP contribution in [0.15, 0.2) is 42.5 Å². The van der Waals surface area contributed by atoms with Gasteiger partial charge in [0.05, 0.1) is 5.56 Å². The molecule has 0 heterocycles. The zero-order valence-corrected chi connectivity index (χ0v) is 18.1. The Morgan fingerprint density at radius 3 is 1.83 bits per heavy atom. The van der Waals surface area contributed by atoms with Gasteiger partial charge in [-0.05, 0) is 35.7 Å². The van der Waals surface area contributed by atoms with Gasteiger partial charge in [0.2, 0.25) is 0 Å². The van der Waals surface area contributed by atoms with Crippen LogP contribution >= 0.6 is 0 Å². The molecule has 0 radical (unpaired) electrons.